The van der Waals surface area contributed by atoms with E-state index >= 15 is 0 Å². The normalized spacial score (nSPS) is 12.2. The molecule has 0 aliphatic carbocycles. The molecule has 0 bridgehead atoms. The Morgan fingerprint density at radius 3 is 2.65 bits per heavy atom. The molecule has 4 nitrogen and oxygen atoms in total. The van der Waals surface area contributed by atoms with Gasteiger partial charge in [0.1, 0.15) is 12.6 Å². The van der Waals surface area contributed by atoms with Gasteiger partial charge in [0, 0.05) is 17.3 Å². The number of anilines is 1. The lowest BCUT2D eigenvalue weighted by Gasteiger charge is -2.23. The number of hydrogen-bond acceptors (Lipinski definition) is 3. The lowest BCUT2D eigenvalue weighted by Crippen LogP contribution is -2.88. The Kier molecular flexibility index (Phi) is 8.92. The number of likely N-dealkylation sites (N-methyl/N-ethyl adjacent to an activating group) is 1. The van der Waals surface area contributed by atoms with E-state index in [-0.39, 0.29) is 0 Å². The molecule has 5 heteroatoms. The van der Waals surface area contributed by atoms with Gasteiger partial charge in [-0.2, -0.15) is 0 Å². The van der Waals surface area contributed by atoms with Crippen LogP contribution in [0.4, 0.5) is 5.69 Å². The van der Waals surface area contributed by atoms with Crippen molar-refractivity contribution in [3.05, 3.63) is 64.7 Å². The quantitative estimate of drug-likeness (QED) is 0.592. The van der Waals surface area contributed by atoms with Gasteiger partial charge in [0.05, 0.1) is 26.3 Å². The second-order valence-corrected chi connectivity index (χ2v) is 6.96. The number of nitrogens with zero attached hydrogens (tertiary/aromatic N) is 1. The maximum atomic E-state index is 10.1. The average molecular weight is 378 g/mol. The van der Waals surface area contributed by atoms with Crippen molar-refractivity contribution in [2.45, 2.75) is 26.6 Å². The Balaban J connectivity index is 1.61. The van der Waals surface area contributed by atoms with Crippen molar-refractivity contribution in [3.63, 3.8) is 0 Å². The summed E-state index contributed by atoms with van der Waals surface area (Å²) in [4.78, 5) is 2.35. The number of aliphatic hydroxyl groups is 1. The molecule has 2 aromatic carbocycles. The van der Waals surface area contributed by atoms with Crippen LogP contribution in [0.3, 0.4) is 0 Å². The second-order valence-electron chi connectivity index (χ2n) is 6.53. The summed E-state index contributed by atoms with van der Waals surface area (Å²) in [5, 5.41) is 12.9. The van der Waals surface area contributed by atoms with Crippen molar-refractivity contribution in [2.24, 2.45) is 0 Å². The van der Waals surface area contributed by atoms with Crippen LogP contribution in [0, 0.1) is 6.92 Å². The Morgan fingerprint density at radius 1 is 1.19 bits per heavy atom. The number of rotatable bonds is 11. The molecule has 0 aromatic heterocycles. The molecular weight excluding hydrogens is 348 g/mol. The number of aliphatic hydroxyl groups excluding tert-OH is 1. The monoisotopic (exact) mass is 377 g/mol. The van der Waals surface area contributed by atoms with Gasteiger partial charge in [0.15, 0.2) is 0 Å². The van der Waals surface area contributed by atoms with E-state index in [2.05, 4.69) is 48.3 Å². The van der Waals surface area contributed by atoms with Gasteiger partial charge in [-0.05, 0) is 49.2 Å². The molecule has 0 fully saturated rings. The lowest BCUT2D eigenvalue weighted by molar-refractivity contribution is -0.659. The van der Waals surface area contributed by atoms with E-state index in [9.17, 15) is 5.11 Å². The highest BCUT2D eigenvalue weighted by atomic mass is 35.5. The average Bonchev–Trinajstić information content (AvgIpc) is 2.63. The summed E-state index contributed by atoms with van der Waals surface area (Å²) >= 11 is 5.86. The van der Waals surface area contributed by atoms with Gasteiger partial charge in [-0.15, -0.1) is 0 Å². The molecule has 0 amide bonds. The Labute approximate surface area is 161 Å². The molecule has 3 N–H and O–H groups in total. The molecule has 26 heavy (non-hydrogen) atoms. The topological polar surface area (TPSA) is 49.3 Å². The first-order valence-corrected chi connectivity index (χ1v) is 9.59. The maximum absolute atomic E-state index is 10.1. The summed E-state index contributed by atoms with van der Waals surface area (Å²) in [6, 6.07) is 16.1. The number of nitrogens with two attached hydrogens (primary N) is 1. The molecule has 0 aliphatic heterocycles. The van der Waals surface area contributed by atoms with E-state index in [1.54, 1.807) is 0 Å². The molecular formula is C21H30ClN2O2+. The Hall–Kier alpha value is -1.59. The first-order chi connectivity index (χ1) is 12.6. The predicted molar refractivity (Wildman–Crippen MR) is 108 cm³/mol. The van der Waals surface area contributed by atoms with Crippen molar-refractivity contribution >= 4 is 17.3 Å². The zero-order valence-corrected chi connectivity index (χ0v) is 16.5. The van der Waals surface area contributed by atoms with Crippen LogP contribution in [0.5, 0.6) is 0 Å². The fourth-order valence-electron chi connectivity index (χ4n) is 2.81. The van der Waals surface area contributed by atoms with Gasteiger partial charge in [-0.3, -0.25) is 0 Å². The molecule has 2 aromatic rings. The summed E-state index contributed by atoms with van der Waals surface area (Å²) in [5.74, 6) is 0. The smallest absolute Gasteiger partial charge is 0.126 e. The van der Waals surface area contributed by atoms with E-state index in [1.807, 2.05) is 24.3 Å². The molecule has 0 saturated carbocycles. The molecule has 0 unspecified atom stereocenters. The van der Waals surface area contributed by atoms with E-state index in [0.717, 1.165) is 30.2 Å². The second kappa shape index (κ2) is 11.2. The van der Waals surface area contributed by atoms with Crippen LogP contribution < -0.4 is 10.2 Å². The lowest BCUT2D eigenvalue weighted by atomic mass is 10.2. The minimum atomic E-state index is -0.462. The zero-order valence-electron chi connectivity index (χ0n) is 15.7. The number of quaternary nitrogens is 1. The van der Waals surface area contributed by atoms with Crippen molar-refractivity contribution in [1.29, 1.82) is 0 Å². The zero-order chi connectivity index (χ0) is 18.8. The summed E-state index contributed by atoms with van der Waals surface area (Å²) in [6.45, 7) is 8.63. The standard InChI is InChI=1S/C21H29ClN2O2/c1-3-24(20-6-4-5-17(2)13-20)12-11-23-14-21(25)16-26-15-18-7-9-19(22)10-8-18/h4-10,13,21,23,25H,3,11-12,14-16H2,1-2H3/p+1/t21-/m0/s1. The van der Waals surface area contributed by atoms with Gasteiger partial charge in [0.25, 0.3) is 0 Å². The molecule has 0 saturated heterocycles. The van der Waals surface area contributed by atoms with Gasteiger partial charge in [-0.25, -0.2) is 0 Å². The highest BCUT2D eigenvalue weighted by Crippen LogP contribution is 2.14. The highest BCUT2D eigenvalue weighted by Gasteiger charge is 2.09. The van der Waals surface area contributed by atoms with Crippen LogP contribution in [-0.4, -0.2) is 44.0 Å². The van der Waals surface area contributed by atoms with Crippen molar-refractivity contribution < 1.29 is 15.2 Å². The SMILES string of the molecule is CCN(CC[NH2+]C[C@H](O)COCc1ccc(Cl)cc1)c1cccc(C)c1. The first kappa shape index (κ1) is 20.7. The van der Waals surface area contributed by atoms with Gasteiger partial charge >= 0.3 is 0 Å². The van der Waals surface area contributed by atoms with E-state index in [0.29, 0.717) is 19.8 Å². The molecule has 1 atom stereocenters. The number of hydrogen-bond donors (Lipinski definition) is 2. The predicted octanol–water partition coefficient (Wildman–Crippen LogP) is 2.62. The molecule has 0 heterocycles. The van der Waals surface area contributed by atoms with Gasteiger partial charge < -0.3 is 20.1 Å². The van der Waals surface area contributed by atoms with Crippen LogP contribution in [0.15, 0.2) is 48.5 Å². The highest BCUT2D eigenvalue weighted by molar-refractivity contribution is 6.30. The molecule has 0 aliphatic rings. The van der Waals surface area contributed by atoms with E-state index in [1.165, 1.54) is 11.3 Å². The molecule has 0 spiro atoms. The summed E-state index contributed by atoms with van der Waals surface area (Å²) in [5.41, 5.74) is 3.59. The van der Waals surface area contributed by atoms with Crippen molar-refractivity contribution in [1.82, 2.24) is 0 Å². The molecule has 142 valence electrons. The fraction of sp³-hybridized carbons (Fsp3) is 0.429. The third-order valence-corrected chi connectivity index (χ3v) is 4.53. The number of ether oxygens (including phenoxy) is 1. The third-order valence-electron chi connectivity index (χ3n) is 4.28. The minimum Gasteiger partial charge on any atom is -0.385 e. The van der Waals surface area contributed by atoms with Crippen LogP contribution >= 0.6 is 11.6 Å². The molecule has 2 rings (SSSR count). The Bertz CT molecular complexity index is 649. The number of aryl methyl sites for hydroxylation is 1. The summed E-state index contributed by atoms with van der Waals surface area (Å²) < 4.78 is 5.58. The largest absolute Gasteiger partial charge is 0.385 e. The molecule has 0 radical (unpaired) electrons. The maximum Gasteiger partial charge on any atom is 0.126 e. The van der Waals surface area contributed by atoms with E-state index in [4.69, 9.17) is 16.3 Å². The Morgan fingerprint density at radius 2 is 1.96 bits per heavy atom. The van der Waals surface area contributed by atoms with Crippen molar-refractivity contribution in [3.8, 4) is 0 Å². The van der Waals surface area contributed by atoms with Gasteiger partial charge in [-0.1, -0.05) is 35.9 Å². The third kappa shape index (κ3) is 7.34. The fourth-order valence-corrected chi connectivity index (χ4v) is 2.94. The van der Waals surface area contributed by atoms with Crippen LogP contribution in [-0.2, 0) is 11.3 Å². The number of benzene rings is 2. The van der Waals surface area contributed by atoms with Crippen LogP contribution in [0.2, 0.25) is 5.02 Å². The van der Waals surface area contributed by atoms with Crippen LogP contribution in [0.25, 0.3) is 0 Å². The van der Waals surface area contributed by atoms with Crippen molar-refractivity contribution in [2.75, 3.05) is 37.7 Å². The van der Waals surface area contributed by atoms with E-state index < -0.39 is 6.10 Å². The number of halogens is 1. The minimum absolute atomic E-state index is 0.342. The summed E-state index contributed by atoms with van der Waals surface area (Å²) in [7, 11) is 0. The summed E-state index contributed by atoms with van der Waals surface area (Å²) in [6.07, 6.45) is -0.462. The van der Waals surface area contributed by atoms with Gasteiger partial charge in [0.2, 0.25) is 0 Å². The van der Waals surface area contributed by atoms with Crippen LogP contribution in [0.1, 0.15) is 18.1 Å². The first-order valence-electron chi connectivity index (χ1n) is 9.22.